The Morgan fingerprint density at radius 3 is 2.31 bits per heavy atom. The molecule has 0 spiro atoms. The summed E-state index contributed by atoms with van der Waals surface area (Å²) in [5.74, 6) is -0.0855. The first kappa shape index (κ1) is 12.4. The molecular weight excluding hydrogens is 204 g/mol. The molecule has 0 heterocycles. The fourth-order valence-electron chi connectivity index (χ4n) is 1.43. The summed E-state index contributed by atoms with van der Waals surface area (Å²) >= 11 is 0. The lowest BCUT2D eigenvalue weighted by molar-refractivity contribution is -0.140. The molecule has 0 unspecified atom stereocenters. The molecule has 1 aromatic carbocycles. The third-order valence-corrected chi connectivity index (χ3v) is 2.36. The Balaban J connectivity index is 2.24. The Hall–Kier alpha value is -1.64. The molecule has 0 saturated carbocycles. The van der Waals surface area contributed by atoms with Crippen molar-refractivity contribution in [3.63, 3.8) is 0 Å². The number of rotatable bonds is 6. The Morgan fingerprint density at radius 1 is 1.06 bits per heavy atom. The monoisotopic (exact) mass is 220 g/mol. The molecule has 1 rings (SSSR count). The van der Waals surface area contributed by atoms with E-state index in [0.29, 0.717) is 19.3 Å². The number of Topliss-reactive ketones (excluding diaryl/α,β-unsaturated/α-hetero) is 1. The second-order valence-electron chi connectivity index (χ2n) is 3.57. The summed E-state index contributed by atoms with van der Waals surface area (Å²) in [5.41, 5.74) is 0.737. The molecule has 0 aromatic heterocycles. The maximum absolute atomic E-state index is 11.6. The van der Waals surface area contributed by atoms with E-state index in [1.54, 1.807) is 0 Å². The van der Waals surface area contributed by atoms with E-state index in [9.17, 15) is 9.59 Å². The zero-order valence-electron chi connectivity index (χ0n) is 9.44. The molecule has 3 nitrogen and oxygen atoms in total. The van der Waals surface area contributed by atoms with Crippen LogP contribution in [0.25, 0.3) is 0 Å². The molecule has 0 aliphatic heterocycles. The molecule has 0 radical (unpaired) electrons. The number of methoxy groups -OCH3 is 1. The van der Waals surface area contributed by atoms with Crippen LogP contribution in [0.15, 0.2) is 30.3 Å². The molecule has 0 fully saturated rings. The maximum Gasteiger partial charge on any atom is 0.305 e. The second kappa shape index (κ2) is 6.77. The van der Waals surface area contributed by atoms with Crippen molar-refractivity contribution in [3.8, 4) is 0 Å². The SMILES string of the molecule is COC(=O)CCCCC(=O)c1ccccc1. The van der Waals surface area contributed by atoms with Gasteiger partial charge in [-0.1, -0.05) is 30.3 Å². The summed E-state index contributed by atoms with van der Waals surface area (Å²) in [4.78, 5) is 22.5. The normalized spacial score (nSPS) is 9.81. The molecule has 0 amide bonds. The average Bonchev–Trinajstić information content (AvgIpc) is 2.35. The first-order valence-electron chi connectivity index (χ1n) is 5.39. The van der Waals surface area contributed by atoms with Gasteiger partial charge in [-0.3, -0.25) is 9.59 Å². The molecule has 0 aliphatic carbocycles. The van der Waals surface area contributed by atoms with E-state index in [0.717, 1.165) is 12.0 Å². The van der Waals surface area contributed by atoms with Crippen molar-refractivity contribution < 1.29 is 14.3 Å². The van der Waals surface area contributed by atoms with Crippen LogP contribution in [0.2, 0.25) is 0 Å². The number of hydrogen-bond donors (Lipinski definition) is 0. The summed E-state index contributed by atoms with van der Waals surface area (Å²) in [5, 5.41) is 0. The van der Waals surface area contributed by atoms with Crippen molar-refractivity contribution in [3.05, 3.63) is 35.9 Å². The summed E-state index contributed by atoms with van der Waals surface area (Å²) in [6, 6.07) is 9.20. The van der Waals surface area contributed by atoms with E-state index in [1.807, 2.05) is 30.3 Å². The lowest BCUT2D eigenvalue weighted by Gasteiger charge is -2.00. The highest BCUT2D eigenvalue weighted by atomic mass is 16.5. The molecule has 0 bridgehead atoms. The zero-order valence-corrected chi connectivity index (χ0v) is 9.44. The minimum Gasteiger partial charge on any atom is -0.469 e. The molecular formula is C13H16O3. The van der Waals surface area contributed by atoms with Crippen LogP contribution in [0, 0.1) is 0 Å². The number of unbranched alkanes of at least 4 members (excludes halogenated alkanes) is 1. The fourth-order valence-corrected chi connectivity index (χ4v) is 1.43. The third-order valence-electron chi connectivity index (χ3n) is 2.36. The maximum atomic E-state index is 11.6. The van der Waals surface area contributed by atoms with E-state index in [1.165, 1.54) is 7.11 Å². The van der Waals surface area contributed by atoms with Gasteiger partial charge in [-0.25, -0.2) is 0 Å². The van der Waals surface area contributed by atoms with Crippen LogP contribution in [0.3, 0.4) is 0 Å². The van der Waals surface area contributed by atoms with Crippen LogP contribution in [0.4, 0.5) is 0 Å². The van der Waals surface area contributed by atoms with Crippen LogP contribution in [-0.2, 0) is 9.53 Å². The van der Waals surface area contributed by atoms with Crippen molar-refractivity contribution in [2.24, 2.45) is 0 Å². The van der Waals surface area contributed by atoms with Crippen LogP contribution in [0.1, 0.15) is 36.0 Å². The summed E-state index contributed by atoms with van der Waals surface area (Å²) in [6.45, 7) is 0. The van der Waals surface area contributed by atoms with E-state index < -0.39 is 0 Å². The molecule has 16 heavy (non-hydrogen) atoms. The number of carbonyl (C=O) groups is 2. The lowest BCUT2D eigenvalue weighted by Crippen LogP contribution is -2.02. The van der Waals surface area contributed by atoms with Crippen LogP contribution < -0.4 is 0 Å². The molecule has 0 aliphatic rings. The van der Waals surface area contributed by atoms with Crippen LogP contribution in [-0.4, -0.2) is 18.9 Å². The van der Waals surface area contributed by atoms with Gasteiger partial charge in [-0.15, -0.1) is 0 Å². The van der Waals surface area contributed by atoms with Gasteiger partial charge in [-0.05, 0) is 12.8 Å². The predicted octanol–water partition coefficient (Wildman–Crippen LogP) is 2.60. The number of ketones is 1. The van der Waals surface area contributed by atoms with Crippen molar-refractivity contribution >= 4 is 11.8 Å². The first-order valence-corrected chi connectivity index (χ1v) is 5.39. The third kappa shape index (κ3) is 4.26. The minimum atomic E-state index is -0.216. The summed E-state index contributed by atoms with van der Waals surface area (Å²) < 4.78 is 4.52. The zero-order chi connectivity index (χ0) is 11.8. The number of esters is 1. The first-order chi connectivity index (χ1) is 7.74. The number of benzene rings is 1. The highest BCUT2D eigenvalue weighted by molar-refractivity contribution is 5.95. The smallest absolute Gasteiger partial charge is 0.305 e. The van der Waals surface area contributed by atoms with Gasteiger partial charge in [0.1, 0.15) is 0 Å². The van der Waals surface area contributed by atoms with Crippen molar-refractivity contribution in [2.75, 3.05) is 7.11 Å². The van der Waals surface area contributed by atoms with E-state index in [-0.39, 0.29) is 11.8 Å². The van der Waals surface area contributed by atoms with Gasteiger partial charge in [0.15, 0.2) is 5.78 Å². The number of carbonyl (C=O) groups excluding carboxylic acids is 2. The summed E-state index contributed by atoms with van der Waals surface area (Å²) in [6.07, 6.45) is 2.30. The topological polar surface area (TPSA) is 43.4 Å². The van der Waals surface area contributed by atoms with Gasteiger partial charge in [0, 0.05) is 18.4 Å². The molecule has 3 heteroatoms. The Morgan fingerprint density at radius 2 is 1.69 bits per heavy atom. The number of ether oxygens (including phenoxy) is 1. The Bertz CT molecular complexity index is 343. The second-order valence-corrected chi connectivity index (χ2v) is 3.57. The van der Waals surface area contributed by atoms with Crippen molar-refractivity contribution in [1.82, 2.24) is 0 Å². The van der Waals surface area contributed by atoms with Gasteiger partial charge in [0.2, 0.25) is 0 Å². The van der Waals surface area contributed by atoms with Gasteiger partial charge < -0.3 is 4.74 Å². The Kier molecular flexibility index (Phi) is 5.26. The van der Waals surface area contributed by atoms with Gasteiger partial charge in [0.25, 0.3) is 0 Å². The Labute approximate surface area is 95.4 Å². The molecule has 86 valence electrons. The van der Waals surface area contributed by atoms with Crippen molar-refractivity contribution in [2.45, 2.75) is 25.7 Å². The van der Waals surface area contributed by atoms with E-state index in [4.69, 9.17) is 0 Å². The molecule has 0 saturated heterocycles. The standard InChI is InChI=1S/C13H16O3/c1-16-13(15)10-6-5-9-12(14)11-7-3-2-4-8-11/h2-4,7-8H,5-6,9-10H2,1H3. The fraction of sp³-hybridized carbons (Fsp3) is 0.385. The highest BCUT2D eigenvalue weighted by Crippen LogP contribution is 2.08. The van der Waals surface area contributed by atoms with Gasteiger partial charge >= 0.3 is 5.97 Å². The predicted molar refractivity (Wildman–Crippen MR) is 61.3 cm³/mol. The van der Waals surface area contributed by atoms with E-state index in [2.05, 4.69) is 4.74 Å². The minimum absolute atomic E-state index is 0.130. The average molecular weight is 220 g/mol. The van der Waals surface area contributed by atoms with Crippen LogP contribution >= 0.6 is 0 Å². The van der Waals surface area contributed by atoms with Crippen molar-refractivity contribution in [1.29, 1.82) is 0 Å². The van der Waals surface area contributed by atoms with E-state index >= 15 is 0 Å². The summed E-state index contributed by atoms with van der Waals surface area (Å²) in [7, 11) is 1.37. The molecule has 1 aromatic rings. The molecule has 0 N–H and O–H groups in total. The van der Waals surface area contributed by atoms with Gasteiger partial charge in [0.05, 0.1) is 7.11 Å². The largest absolute Gasteiger partial charge is 0.469 e. The van der Waals surface area contributed by atoms with Crippen LogP contribution in [0.5, 0.6) is 0 Å². The lowest BCUT2D eigenvalue weighted by atomic mass is 10.0. The van der Waals surface area contributed by atoms with Gasteiger partial charge in [-0.2, -0.15) is 0 Å². The highest BCUT2D eigenvalue weighted by Gasteiger charge is 2.05. The number of hydrogen-bond acceptors (Lipinski definition) is 3. The molecule has 0 atom stereocenters. The quantitative estimate of drug-likeness (QED) is 0.420.